The van der Waals surface area contributed by atoms with Gasteiger partial charge in [-0.2, -0.15) is 5.26 Å². The number of hydrogen-bond donors (Lipinski definition) is 1. The van der Waals surface area contributed by atoms with Crippen molar-refractivity contribution in [2.45, 2.75) is 0 Å². The summed E-state index contributed by atoms with van der Waals surface area (Å²) < 4.78 is 20.6. The molecule has 1 N–H and O–H groups in total. The molecule has 0 aliphatic rings. The lowest BCUT2D eigenvalue weighted by Gasteiger charge is -2.05. The van der Waals surface area contributed by atoms with Gasteiger partial charge in [-0.25, -0.2) is 4.39 Å². The van der Waals surface area contributed by atoms with E-state index in [0.29, 0.717) is 5.69 Å². The van der Waals surface area contributed by atoms with Crippen molar-refractivity contribution >= 4 is 40.3 Å². The van der Waals surface area contributed by atoms with E-state index in [1.54, 1.807) is 60.7 Å². The second-order valence-corrected chi connectivity index (χ2v) is 9.35. The predicted octanol–water partition coefficient (Wildman–Crippen LogP) is 4.35. The Bertz CT molecular complexity index is 1970. The molecule has 0 saturated heterocycles. The Morgan fingerprint density at radius 2 is 1.73 bits per heavy atom. The molecule has 196 valence electrons. The smallest absolute Gasteiger partial charge is 0.280 e. The lowest BCUT2D eigenvalue weighted by molar-refractivity contribution is -0.384. The van der Waals surface area contributed by atoms with Gasteiger partial charge < -0.3 is 9.73 Å². The Kier molecular flexibility index (Phi) is 7.17. The molecule has 0 radical (unpaired) electrons. The number of para-hydroxylation sites is 2. The highest BCUT2D eigenvalue weighted by atomic mass is 32.1. The number of nitriles is 1. The zero-order chi connectivity index (χ0) is 28.2. The molecule has 9 nitrogen and oxygen atoms in total. The Morgan fingerprint density at radius 3 is 2.42 bits per heavy atom. The normalized spacial score (nSPS) is 12.1. The third kappa shape index (κ3) is 5.20. The molecule has 3 aromatic carbocycles. The number of anilines is 1. The van der Waals surface area contributed by atoms with Crippen LogP contribution in [0, 0.1) is 27.3 Å². The van der Waals surface area contributed by atoms with Gasteiger partial charge in [0, 0.05) is 17.8 Å². The zero-order valence-electron chi connectivity index (χ0n) is 20.4. The molecule has 2 heterocycles. The highest BCUT2D eigenvalue weighted by Crippen LogP contribution is 2.31. The first-order valence-corrected chi connectivity index (χ1v) is 12.5. The molecule has 0 bridgehead atoms. The lowest BCUT2D eigenvalue weighted by atomic mass is 10.1. The summed E-state index contributed by atoms with van der Waals surface area (Å²) in [6.07, 6.45) is 1.45. The minimum Gasteiger partial charge on any atom is -0.456 e. The second kappa shape index (κ2) is 11.0. The summed E-state index contributed by atoms with van der Waals surface area (Å²) in [6, 6.07) is 24.7. The van der Waals surface area contributed by atoms with Gasteiger partial charge in [-0.3, -0.25) is 24.3 Å². The van der Waals surface area contributed by atoms with Crippen molar-refractivity contribution in [1.29, 1.82) is 5.26 Å². The first-order valence-electron chi connectivity index (χ1n) is 11.7. The number of rotatable bonds is 6. The molecule has 0 aliphatic carbocycles. The largest absolute Gasteiger partial charge is 0.456 e. The van der Waals surface area contributed by atoms with E-state index in [9.17, 15) is 29.4 Å². The monoisotopic (exact) mass is 552 g/mol. The van der Waals surface area contributed by atoms with E-state index >= 15 is 0 Å². The van der Waals surface area contributed by atoms with Gasteiger partial charge in [0.15, 0.2) is 5.57 Å². The topological polar surface area (TPSA) is 131 Å². The maximum Gasteiger partial charge on any atom is 0.280 e. The van der Waals surface area contributed by atoms with Gasteiger partial charge in [0.05, 0.1) is 20.7 Å². The molecule has 5 aromatic rings. The van der Waals surface area contributed by atoms with Gasteiger partial charge in [-0.05, 0) is 54.6 Å². The highest BCUT2D eigenvalue weighted by Gasteiger charge is 2.19. The summed E-state index contributed by atoms with van der Waals surface area (Å²) >= 11 is 0.909. The van der Waals surface area contributed by atoms with Crippen molar-refractivity contribution < 1.29 is 18.5 Å². The molecular formula is C29H17FN4O5S. The van der Waals surface area contributed by atoms with Gasteiger partial charge in [0.2, 0.25) is 0 Å². The molecule has 0 unspecified atom stereocenters. The summed E-state index contributed by atoms with van der Waals surface area (Å²) in [7, 11) is 0. The molecular weight excluding hydrogens is 535 g/mol. The number of hydrogen-bond acceptors (Lipinski definition) is 7. The molecule has 0 saturated carbocycles. The number of carbonyl (C=O) groups excluding carboxylic acids is 1. The SMILES string of the molecule is N#C/C(C(=O)Nc1ccc(F)cc1)=c1/s/c(=C/c2ccc(-c3ccccc3[N+](=O)[O-])o2)c(=O)n1-c1ccccc1. The first kappa shape index (κ1) is 26.0. The molecule has 40 heavy (non-hydrogen) atoms. The lowest BCUT2D eigenvalue weighted by Crippen LogP contribution is -2.32. The van der Waals surface area contributed by atoms with E-state index < -0.39 is 22.2 Å². The number of nitrogens with one attached hydrogen (secondary N) is 1. The average Bonchev–Trinajstić information content (AvgIpc) is 3.55. The van der Waals surface area contributed by atoms with E-state index in [1.807, 2.05) is 6.07 Å². The summed E-state index contributed by atoms with van der Waals surface area (Å²) in [5, 5.41) is 23.9. The number of carbonyl (C=O) groups is 1. The summed E-state index contributed by atoms with van der Waals surface area (Å²) in [6.45, 7) is 0. The molecule has 2 aromatic heterocycles. The van der Waals surface area contributed by atoms with Crippen molar-refractivity contribution in [2.75, 3.05) is 5.32 Å². The highest BCUT2D eigenvalue weighted by molar-refractivity contribution is 7.07. The van der Waals surface area contributed by atoms with Crippen LogP contribution in [0.5, 0.6) is 0 Å². The quantitative estimate of drug-likeness (QED) is 0.246. The van der Waals surface area contributed by atoms with Crippen molar-refractivity contribution in [3.63, 3.8) is 0 Å². The minimum absolute atomic E-state index is 0.0787. The molecule has 0 fully saturated rings. The molecule has 0 atom stereocenters. The van der Waals surface area contributed by atoms with E-state index in [-0.39, 0.29) is 43.2 Å². The van der Waals surface area contributed by atoms with Crippen LogP contribution in [-0.2, 0) is 4.79 Å². The third-order valence-electron chi connectivity index (χ3n) is 5.76. The number of thiazole rings is 1. The van der Waals surface area contributed by atoms with Crippen LogP contribution in [0.4, 0.5) is 15.8 Å². The van der Waals surface area contributed by atoms with Crippen LogP contribution in [0.3, 0.4) is 0 Å². The molecule has 5 rings (SSSR count). The molecule has 0 aliphatic heterocycles. The van der Waals surface area contributed by atoms with Crippen LogP contribution in [0.1, 0.15) is 5.76 Å². The maximum absolute atomic E-state index is 13.6. The number of furan rings is 1. The minimum atomic E-state index is -0.775. The molecule has 0 spiro atoms. The zero-order valence-corrected chi connectivity index (χ0v) is 21.2. The van der Waals surface area contributed by atoms with E-state index in [1.165, 1.54) is 41.0 Å². The van der Waals surface area contributed by atoms with E-state index in [4.69, 9.17) is 4.42 Å². The number of benzene rings is 3. The fourth-order valence-electron chi connectivity index (χ4n) is 3.93. The van der Waals surface area contributed by atoms with Crippen molar-refractivity contribution in [3.8, 4) is 23.1 Å². The molecule has 11 heteroatoms. The summed E-state index contributed by atoms with van der Waals surface area (Å²) in [5.41, 5.74) is 0.0223. The van der Waals surface area contributed by atoms with Crippen molar-refractivity contribution in [1.82, 2.24) is 4.57 Å². The Labute approximate surface area is 229 Å². The van der Waals surface area contributed by atoms with Crippen LogP contribution in [0.2, 0.25) is 0 Å². The first-order chi connectivity index (χ1) is 19.4. The van der Waals surface area contributed by atoms with Crippen LogP contribution in [-0.4, -0.2) is 15.4 Å². The van der Waals surface area contributed by atoms with Crippen LogP contribution in [0.25, 0.3) is 28.7 Å². The fourth-order valence-corrected chi connectivity index (χ4v) is 5.01. The van der Waals surface area contributed by atoms with Crippen LogP contribution < -0.4 is 20.1 Å². The van der Waals surface area contributed by atoms with E-state index in [2.05, 4.69) is 5.32 Å². The standard InChI is InChI=1S/C29H17FN4O5S/c30-18-10-12-19(13-11-18)32-27(35)23(17-31)29-33(20-6-2-1-3-7-20)28(36)26(40-29)16-21-14-15-25(39-21)22-8-4-5-9-24(22)34(37)38/h1-16H,(H,32,35)/b26-16+,29-23-. The number of amides is 1. The van der Waals surface area contributed by atoms with Gasteiger partial charge in [-0.1, -0.05) is 30.3 Å². The van der Waals surface area contributed by atoms with Gasteiger partial charge >= 0.3 is 0 Å². The van der Waals surface area contributed by atoms with E-state index in [0.717, 1.165) is 11.3 Å². The average molecular weight is 553 g/mol. The maximum atomic E-state index is 13.6. The predicted molar refractivity (Wildman–Crippen MR) is 148 cm³/mol. The van der Waals surface area contributed by atoms with Crippen molar-refractivity contribution in [2.24, 2.45) is 0 Å². The number of halogens is 1. The van der Waals surface area contributed by atoms with Gasteiger partial charge in [0.1, 0.15) is 28.1 Å². The fraction of sp³-hybridized carbons (Fsp3) is 0. The van der Waals surface area contributed by atoms with Gasteiger partial charge in [0.25, 0.3) is 17.2 Å². The Morgan fingerprint density at radius 1 is 1.02 bits per heavy atom. The Balaban J connectivity index is 1.66. The number of nitro benzene ring substituents is 1. The van der Waals surface area contributed by atoms with Crippen molar-refractivity contribution in [3.05, 3.63) is 132 Å². The molecule has 1 amide bonds. The Hall–Kier alpha value is -5.60. The number of nitro groups is 1. The third-order valence-corrected chi connectivity index (χ3v) is 6.85. The van der Waals surface area contributed by atoms with Gasteiger partial charge in [-0.15, -0.1) is 11.3 Å². The van der Waals surface area contributed by atoms with Crippen LogP contribution in [0.15, 0.2) is 100 Å². The van der Waals surface area contributed by atoms with Crippen LogP contribution >= 0.6 is 11.3 Å². The summed E-state index contributed by atoms with van der Waals surface area (Å²) in [5.74, 6) is -0.778. The number of nitrogens with zero attached hydrogens (tertiary/aromatic N) is 3. The number of aromatic nitrogens is 1. The second-order valence-electron chi connectivity index (χ2n) is 8.32. The summed E-state index contributed by atoms with van der Waals surface area (Å²) in [4.78, 5) is 37.6.